The minimum absolute atomic E-state index is 1.25. The summed E-state index contributed by atoms with van der Waals surface area (Å²) in [7, 11) is 0. The van der Waals surface area contributed by atoms with Crippen LogP contribution >= 0.6 is 0 Å². The first kappa shape index (κ1) is 8.06. The van der Waals surface area contributed by atoms with Gasteiger partial charge in [0.1, 0.15) is 0 Å². The van der Waals surface area contributed by atoms with Crippen LogP contribution in [0.15, 0.2) is 0 Å². The van der Waals surface area contributed by atoms with Crippen molar-refractivity contribution >= 4 is 0 Å². The Morgan fingerprint density at radius 1 is 0.500 bits per heavy atom. The molecule has 1 aliphatic heterocycles. The lowest BCUT2D eigenvalue weighted by atomic mass is 10.0. The molecule has 1 saturated heterocycles. The second-order valence-corrected chi connectivity index (χ2v) is 3.22. The van der Waals surface area contributed by atoms with E-state index in [-0.39, 0.29) is 0 Å². The number of hydrogen-bond donors (Lipinski definition) is 1. The molecule has 1 aliphatic carbocycles. The van der Waals surface area contributed by atoms with E-state index in [9.17, 15) is 0 Å². The second-order valence-electron chi connectivity index (χ2n) is 3.22. The van der Waals surface area contributed by atoms with E-state index < -0.39 is 0 Å². The fourth-order valence-electron chi connectivity index (χ4n) is 1.24. The molecular weight excluding hydrogens is 122 g/mol. The molecule has 2 fully saturated rings. The summed E-state index contributed by atoms with van der Waals surface area (Å²) in [5, 5.41) is 3.11. The Balaban J connectivity index is 0.000000108. The van der Waals surface area contributed by atoms with Crippen molar-refractivity contribution < 1.29 is 0 Å². The van der Waals surface area contributed by atoms with Crippen LogP contribution in [0.5, 0.6) is 0 Å². The van der Waals surface area contributed by atoms with Gasteiger partial charge in [-0.25, -0.2) is 0 Å². The average molecular weight is 141 g/mol. The lowest BCUT2D eigenvalue weighted by Gasteiger charge is -2.09. The molecule has 0 spiro atoms. The van der Waals surface area contributed by atoms with Crippen molar-refractivity contribution in [2.24, 2.45) is 0 Å². The minimum Gasteiger partial charge on any atom is -0.317 e. The van der Waals surface area contributed by atoms with E-state index in [1.54, 1.807) is 0 Å². The van der Waals surface area contributed by atoms with Gasteiger partial charge in [0.2, 0.25) is 0 Å². The van der Waals surface area contributed by atoms with E-state index in [0.717, 1.165) is 0 Å². The summed E-state index contributed by atoms with van der Waals surface area (Å²) >= 11 is 0. The Labute approximate surface area is 64.2 Å². The van der Waals surface area contributed by atoms with Gasteiger partial charge in [0, 0.05) is 0 Å². The molecular formula is C9H19N. The first-order valence-electron chi connectivity index (χ1n) is 4.71. The minimum atomic E-state index is 1.25. The maximum atomic E-state index is 3.11. The Hall–Kier alpha value is -0.0400. The summed E-state index contributed by atoms with van der Waals surface area (Å²) in [4.78, 5) is 0. The maximum absolute atomic E-state index is 3.11. The second kappa shape index (κ2) is 5.72. The van der Waals surface area contributed by atoms with Gasteiger partial charge in [0.15, 0.2) is 0 Å². The highest BCUT2D eigenvalue weighted by Crippen LogP contribution is 2.15. The fourth-order valence-corrected chi connectivity index (χ4v) is 1.24. The molecule has 0 atom stereocenters. The monoisotopic (exact) mass is 141 g/mol. The Bertz CT molecular complexity index is 47.6. The summed E-state index contributed by atoms with van der Waals surface area (Å²) in [6.45, 7) is 2.50. The van der Waals surface area contributed by atoms with Crippen LogP contribution in [0.4, 0.5) is 0 Å². The quantitative estimate of drug-likeness (QED) is 0.546. The topological polar surface area (TPSA) is 12.0 Å². The molecule has 0 aromatic rings. The zero-order chi connectivity index (χ0) is 7.07. The lowest BCUT2D eigenvalue weighted by molar-refractivity contribution is 0.504. The van der Waals surface area contributed by atoms with Crippen LogP contribution in [0.1, 0.15) is 44.9 Å². The van der Waals surface area contributed by atoms with Crippen LogP contribution < -0.4 is 5.32 Å². The van der Waals surface area contributed by atoms with Crippen molar-refractivity contribution in [2.45, 2.75) is 44.9 Å². The van der Waals surface area contributed by atoms with E-state index >= 15 is 0 Å². The van der Waals surface area contributed by atoms with Gasteiger partial charge >= 0.3 is 0 Å². The van der Waals surface area contributed by atoms with Gasteiger partial charge in [-0.15, -0.1) is 0 Å². The first-order valence-corrected chi connectivity index (χ1v) is 4.71. The van der Waals surface area contributed by atoms with Crippen molar-refractivity contribution in [3.8, 4) is 0 Å². The maximum Gasteiger partial charge on any atom is -0.00368 e. The van der Waals surface area contributed by atoms with Crippen molar-refractivity contribution in [3.63, 3.8) is 0 Å². The molecule has 1 heteroatoms. The molecule has 2 rings (SSSR count). The van der Waals surface area contributed by atoms with Gasteiger partial charge in [-0.3, -0.25) is 0 Å². The standard InChI is InChI=1S/C6H12.C3H7N/c1-2-4-6-5-3-1;1-2-4-3-1/h1-6H2;4H,1-3H2. The number of nitrogens with one attached hydrogen (secondary N) is 1. The summed E-state index contributed by atoms with van der Waals surface area (Å²) < 4.78 is 0. The molecule has 0 amide bonds. The fraction of sp³-hybridized carbons (Fsp3) is 1.00. The molecule has 0 aromatic heterocycles. The molecule has 60 valence electrons. The van der Waals surface area contributed by atoms with Crippen LogP contribution in [0.3, 0.4) is 0 Å². The average Bonchev–Trinajstić information content (AvgIpc) is 1.88. The van der Waals surface area contributed by atoms with Crippen molar-refractivity contribution in [1.82, 2.24) is 5.32 Å². The van der Waals surface area contributed by atoms with Crippen molar-refractivity contribution in [2.75, 3.05) is 13.1 Å². The predicted molar refractivity (Wildman–Crippen MR) is 45.2 cm³/mol. The third-order valence-electron chi connectivity index (χ3n) is 2.21. The zero-order valence-electron chi connectivity index (χ0n) is 6.86. The zero-order valence-corrected chi connectivity index (χ0v) is 6.86. The molecule has 10 heavy (non-hydrogen) atoms. The third kappa shape index (κ3) is 3.89. The largest absolute Gasteiger partial charge is 0.317 e. The summed E-state index contributed by atoms with van der Waals surface area (Å²) in [5.41, 5.74) is 0. The molecule has 0 radical (unpaired) electrons. The highest BCUT2D eigenvalue weighted by molar-refractivity contribution is 4.56. The lowest BCUT2D eigenvalue weighted by Crippen LogP contribution is -2.29. The third-order valence-corrected chi connectivity index (χ3v) is 2.21. The number of rotatable bonds is 0. The van der Waals surface area contributed by atoms with Crippen LogP contribution in [-0.4, -0.2) is 13.1 Å². The Kier molecular flexibility index (Phi) is 4.61. The van der Waals surface area contributed by atoms with Gasteiger partial charge in [-0.05, 0) is 19.5 Å². The van der Waals surface area contributed by atoms with Crippen molar-refractivity contribution in [3.05, 3.63) is 0 Å². The van der Waals surface area contributed by atoms with Gasteiger partial charge in [0.25, 0.3) is 0 Å². The summed E-state index contributed by atoms with van der Waals surface area (Å²) in [6.07, 6.45) is 10.4. The van der Waals surface area contributed by atoms with E-state index in [0.29, 0.717) is 0 Å². The van der Waals surface area contributed by atoms with E-state index in [1.807, 2.05) is 0 Å². The van der Waals surface area contributed by atoms with E-state index in [1.165, 1.54) is 58.0 Å². The first-order chi connectivity index (χ1) is 5.00. The van der Waals surface area contributed by atoms with Crippen LogP contribution in [-0.2, 0) is 0 Å². The van der Waals surface area contributed by atoms with Crippen LogP contribution in [0, 0.1) is 0 Å². The van der Waals surface area contributed by atoms with E-state index in [4.69, 9.17) is 0 Å². The molecule has 0 unspecified atom stereocenters. The van der Waals surface area contributed by atoms with Crippen LogP contribution in [0.25, 0.3) is 0 Å². The summed E-state index contributed by atoms with van der Waals surface area (Å²) in [6, 6.07) is 0. The molecule has 1 N–H and O–H groups in total. The Morgan fingerprint density at radius 3 is 0.800 bits per heavy atom. The summed E-state index contributed by atoms with van der Waals surface area (Å²) in [5.74, 6) is 0. The van der Waals surface area contributed by atoms with E-state index in [2.05, 4.69) is 5.32 Å². The number of hydrogen-bond acceptors (Lipinski definition) is 1. The Morgan fingerprint density at radius 2 is 0.700 bits per heavy atom. The van der Waals surface area contributed by atoms with Gasteiger partial charge in [0.05, 0.1) is 0 Å². The molecule has 1 saturated carbocycles. The highest BCUT2D eigenvalue weighted by atomic mass is 14.9. The predicted octanol–water partition coefficient (Wildman–Crippen LogP) is 2.32. The van der Waals surface area contributed by atoms with Crippen molar-refractivity contribution in [1.29, 1.82) is 0 Å². The van der Waals surface area contributed by atoms with Gasteiger partial charge in [-0.1, -0.05) is 38.5 Å². The normalized spacial score (nSPS) is 24.0. The molecule has 2 aliphatic rings. The molecule has 1 nitrogen and oxygen atoms in total. The smallest absolute Gasteiger partial charge is 0.00368 e. The van der Waals surface area contributed by atoms with Crippen LogP contribution in [0.2, 0.25) is 0 Å². The SMILES string of the molecule is C1CCCCC1.C1CNC1. The van der Waals surface area contributed by atoms with Gasteiger partial charge < -0.3 is 5.32 Å². The van der Waals surface area contributed by atoms with Gasteiger partial charge in [-0.2, -0.15) is 0 Å². The molecule has 0 bridgehead atoms. The molecule has 0 aromatic carbocycles. The highest BCUT2D eigenvalue weighted by Gasteiger charge is 1.95. The molecule has 1 heterocycles.